The predicted octanol–water partition coefficient (Wildman–Crippen LogP) is 4.47. The van der Waals surface area contributed by atoms with Crippen molar-refractivity contribution in [3.05, 3.63) is 22.7 Å². The monoisotopic (exact) mass is 254 g/mol. The van der Waals surface area contributed by atoms with Crippen molar-refractivity contribution in [2.45, 2.75) is 40.0 Å². The maximum atomic E-state index is 6.00. The Balaban J connectivity index is 2.39. The Morgan fingerprint density at radius 2 is 2.00 bits per heavy atom. The Labute approximate surface area is 110 Å². The van der Waals surface area contributed by atoms with Crippen LogP contribution in [0.5, 0.6) is 0 Å². The number of aryl methyl sites for hydroxylation is 1. The molecule has 0 unspecified atom stereocenters. The number of nitrogen functional groups attached to an aromatic ring is 1. The van der Waals surface area contributed by atoms with Gasteiger partial charge in [-0.25, -0.2) is 0 Å². The van der Waals surface area contributed by atoms with E-state index in [1.54, 1.807) is 0 Å². The van der Waals surface area contributed by atoms with Crippen molar-refractivity contribution < 1.29 is 0 Å². The van der Waals surface area contributed by atoms with Gasteiger partial charge in [-0.15, -0.1) is 0 Å². The molecule has 0 aliphatic carbocycles. The first-order valence-corrected chi connectivity index (χ1v) is 6.68. The summed E-state index contributed by atoms with van der Waals surface area (Å²) in [6.07, 6.45) is 3.76. The number of benzene rings is 1. The number of hydrogen-bond acceptors (Lipinski definition) is 2. The minimum absolute atomic E-state index is 0.625. The van der Waals surface area contributed by atoms with Crippen LogP contribution in [0.1, 0.15) is 38.7 Å². The third-order valence-corrected chi connectivity index (χ3v) is 3.19. The number of hydrogen-bond donors (Lipinski definition) is 2. The van der Waals surface area contributed by atoms with E-state index in [1.165, 1.54) is 19.3 Å². The van der Waals surface area contributed by atoms with Gasteiger partial charge in [-0.3, -0.25) is 0 Å². The van der Waals surface area contributed by atoms with Crippen LogP contribution >= 0.6 is 11.6 Å². The molecule has 0 atom stereocenters. The van der Waals surface area contributed by atoms with Gasteiger partial charge >= 0.3 is 0 Å². The van der Waals surface area contributed by atoms with Gasteiger partial charge in [0.2, 0.25) is 0 Å². The number of anilines is 2. The molecule has 0 saturated heterocycles. The minimum atomic E-state index is 0.625. The Hall–Kier alpha value is -0.890. The predicted molar refractivity (Wildman–Crippen MR) is 77.8 cm³/mol. The largest absolute Gasteiger partial charge is 0.398 e. The van der Waals surface area contributed by atoms with Crippen LogP contribution in [-0.2, 0) is 0 Å². The lowest BCUT2D eigenvalue weighted by Gasteiger charge is -2.11. The van der Waals surface area contributed by atoms with E-state index in [9.17, 15) is 0 Å². The summed E-state index contributed by atoms with van der Waals surface area (Å²) in [5.41, 5.74) is 8.63. The summed E-state index contributed by atoms with van der Waals surface area (Å²) >= 11 is 6.00. The molecule has 0 bridgehead atoms. The minimum Gasteiger partial charge on any atom is -0.398 e. The van der Waals surface area contributed by atoms with E-state index in [1.807, 2.05) is 19.1 Å². The molecule has 0 heterocycles. The standard InChI is InChI=1S/C14H23ClN2/c1-10(2)6-4-5-7-17-14-9-12(15)13(16)8-11(14)3/h8-10,17H,4-7,16H2,1-3H3. The molecule has 0 fully saturated rings. The fourth-order valence-corrected chi connectivity index (χ4v) is 1.96. The van der Waals surface area contributed by atoms with Gasteiger partial charge in [0.1, 0.15) is 0 Å². The molecule has 0 saturated carbocycles. The van der Waals surface area contributed by atoms with Crippen LogP contribution < -0.4 is 11.1 Å². The summed E-state index contributed by atoms with van der Waals surface area (Å²) < 4.78 is 0. The van der Waals surface area contributed by atoms with Crippen molar-refractivity contribution in [1.82, 2.24) is 0 Å². The smallest absolute Gasteiger partial charge is 0.0656 e. The van der Waals surface area contributed by atoms with Crippen molar-refractivity contribution in [2.24, 2.45) is 5.92 Å². The van der Waals surface area contributed by atoms with Crippen LogP contribution in [0.2, 0.25) is 5.02 Å². The zero-order valence-electron chi connectivity index (χ0n) is 11.0. The molecule has 17 heavy (non-hydrogen) atoms. The van der Waals surface area contributed by atoms with Crippen LogP contribution in [0.15, 0.2) is 12.1 Å². The molecule has 0 aromatic heterocycles. The van der Waals surface area contributed by atoms with E-state index < -0.39 is 0 Å². The average Bonchev–Trinajstić information content (AvgIpc) is 2.24. The normalized spacial score (nSPS) is 10.9. The molecule has 1 rings (SSSR count). The molecule has 0 radical (unpaired) electrons. The maximum absolute atomic E-state index is 6.00. The highest BCUT2D eigenvalue weighted by atomic mass is 35.5. The van der Waals surface area contributed by atoms with Crippen molar-refractivity contribution in [3.8, 4) is 0 Å². The summed E-state index contributed by atoms with van der Waals surface area (Å²) in [5.74, 6) is 0.794. The van der Waals surface area contributed by atoms with Gasteiger partial charge in [0.15, 0.2) is 0 Å². The molecular weight excluding hydrogens is 232 g/mol. The van der Waals surface area contributed by atoms with Crippen molar-refractivity contribution in [2.75, 3.05) is 17.6 Å². The lowest BCUT2D eigenvalue weighted by atomic mass is 10.1. The fourth-order valence-electron chi connectivity index (χ4n) is 1.79. The van der Waals surface area contributed by atoms with Gasteiger partial charge in [0.25, 0.3) is 0 Å². The average molecular weight is 255 g/mol. The molecule has 0 spiro atoms. The maximum Gasteiger partial charge on any atom is 0.0656 e. The molecule has 3 heteroatoms. The van der Waals surface area contributed by atoms with Gasteiger partial charge in [-0.1, -0.05) is 38.3 Å². The quantitative estimate of drug-likeness (QED) is 0.581. The third-order valence-electron chi connectivity index (χ3n) is 2.87. The van der Waals surface area contributed by atoms with Crippen LogP contribution in [0.25, 0.3) is 0 Å². The fraction of sp³-hybridized carbons (Fsp3) is 0.571. The second-order valence-corrected chi connectivity index (χ2v) is 5.41. The van der Waals surface area contributed by atoms with Crippen LogP contribution in [0, 0.1) is 12.8 Å². The van der Waals surface area contributed by atoms with Crippen molar-refractivity contribution in [1.29, 1.82) is 0 Å². The highest BCUT2D eigenvalue weighted by Crippen LogP contribution is 2.26. The first kappa shape index (κ1) is 14.2. The molecule has 2 nitrogen and oxygen atoms in total. The SMILES string of the molecule is Cc1cc(N)c(Cl)cc1NCCCCC(C)C. The second kappa shape index (κ2) is 6.75. The number of halogens is 1. The molecule has 1 aromatic carbocycles. The molecule has 3 N–H and O–H groups in total. The molecular formula is C14H23ClN2. The molecule has 0 amide bonds. The van der Waals surface area contributed by atoms with Crippen LogP contribution in [0.4, 0.5) is 11.4 Å². The van der Waals surface area contributed by atoms with Gasteiger partial charge in [0.05, 0.1) is 10.7 Å². The Morgan fingerprint density at radius 1 is 1.29 bits per heavy atom. The lowest BCUT2D eigenvalue weighted by molar-refractivity contribution is 0.545. The molecule has 96 valence electrons. The summed E-state index contributed by atoms with van der Waals surface area (Å²) in [5, 5.41) is 4.04. The summed E-state index contributed by atoms with van der Waals surface area (Å²) in [7, 11) is 0. The number of rotatable bonds is 6. The second-order valence-electron chi connectivity index (χ2n) is 5.01. The van der Waals surface area contributed by atoms with E-state index in [0.29, 0.717) is 10.7 Å². The molecule has 0 aliphatic rings. The van der Waals surface area contributed by atoms with Crippen LogP contribution in [0.3, 0.4) is 0 Å². The topological polar surface area (TPSA) is 38.0 Å². The highest BCUT2D eigenvalue weighted by Gasteiger charge is 2.03. The Kier molecular flexibility index (Phi) is 5.63. The van der Waals surface area contributed by atoms with Crippen molar-refractivity contribution in [3.63, 3.8) is 0 Å². The summed E-state index contributed by atoms with van der Waals surface area (Å²) in [4.78, 5) is 0. The highest BCUT2D eigenvalue weighted by molar-refractivity contribution is 6.33. The van der Waals surface area contributed by atoms with Gasteiger partial charge in [-0.05, 0) is 37.0 Å². The Bertz CT molecular complexity index is 361. The van der Waals surface area contributed by atoms with Gasteiger partial charge in [-0.2, -0.15) is 0 Å². The van der Waals surface area contributed by atoms with E-state index in [-0.39, 0.29) is 0 Å². The summed E-state index contributed by atoms with van der Waals surface area (Å²) in [6.45, 7) is 7.56. The first-order valence-electron chi connectivity index (χ1n) is 6.30. The number of nitrogens with one attached hydrogen (secondary N) is 1. The Morgan fingerprint density at radius 3 is 2.65 bits per heavy atom. The number of nitrogens with two attached hydrogens (primary N) is 1. The van der Waals surface area contributed by atoms with E-state index in [0.717, 1.165) is 23.7 Å². The molecule has 1 aromatic rings. The zero-order chi connectivity index (χ0) is 12.8. The van der Waals surface area contributed by atoms with Crippen molar-refractivity contribution >= 4 is 23.0 Å². The van der Waals surface area contributed by atoms with Gasteiger partial charge < -0.3 is 11.1 Å². The number of unbranched alkanes of at least 4 members (excludes halogenated alkanes) is 1. The lowest BCUT2D eigenvalue weighted by Crippen LogP contribution is -2.04. The van der Waals surface area contributed by atoms with Crippen LogP contribution in [-0.4, -0.2) is 6.54 Å². The molecule has 0 aliphatic heterocycles. The zero-order valence-corrected chi connectivity index (χ0v) is 11.8. The van der Waals surface area contributed by atoms with E-state index >= 15 is 0 Å². The van der Waals surface area contributed by atoms with E-state index in [2.05, 4.69) is 19.2 Å². The first-order chi connectivity index (χ1) is 8.00. The van der Waals surface area contributed by atoms with Gasteiger partial charge in [0, 0.05) is 12.2 Å². The van der Waals surface area contributed by atoms with E-state index in [4.69, 9.17) is 17.3 Å². The summed E-state index contributed by atoms with van der Waals surface area (Å²) in [6, 6.07) is 3.83. The third kappa shape index (κ3) is 4.86.